The van der Waals surface area contributed by atoms with E-state index in [4.69, 9.17) is 5.84 Å². The fraction of sp³-hybridized carbons (Fsp3) is 0.250. The average Bonchev–Trinajstić information content (AvgIpc) is 2.17. The fourth-order valence-electron chi connectivity index (χ4n) is 0.903. The molecule has 4 nitrogen and oxygen atoms in total. The summed E-state index contributed by atoms with van der Waals surface area (Å²) >= 11 is -2.19. The van der Waals surface area contributed by atoms with E-state index >= 15 is 0 Å². The molecule has 0 aromatic heterocycles. The number of para-hydroxylation sites is 1. The Hall–Kier alpha value is -0.910. The molecule has 0 saturated carbocycles. The molecule has 2 atom stereocenters. The standard InChI is InChI=1S/C8H12N2O2S/c1-7(13(11)12)10(9)8-5-3-2-4-6-8/h2-7H,9H2,1H3,(H,11,12)/p-1. The minimum Gasteiger partial charge on any atom is -0.771 e. The minimum atomic E-state index is -2.19. The molecule has 0 radical (unpaired) electrons. The quantitative estimate of drug-likeness (QED) is 0.439. The molecule has 2 unspecified atom stereocenters. The van der Waals surface area contributed by atoms with Gasteiger partial charge in [0.05, 0.1) is 5.69 Å². The van der Waals surface area contributed by atoms with Crippen molar-refractivity contribution in [2.24, 2.45) is 5.84 Å². The zero-order valence-electron chi connectivity index (χ0n) is 7.21. The van der Waals surface area contributed by atoms with Crippen molar-refractivity contribution in [1.82, 2.24) is 0 Å². The molecule has 5 heteroatoms. The first-order valence-corrected chi connectivity index (χ1v) is 4.94. The molecule has 13 heavy (non-hydrogen) atoms. The van der Waals surface area contributed by atoms with Crippen molar-refractivity contribution >= 4 is 16.8 Å². The summed E-state index contributed by atoms with van der Waals surface area (Å²) in [5.74, 6) is 5.58. The Labute approximate surface area is 79.6 Å². The molecule has 1 aromatic rings. The fourth-order valence-corrected chi connectivity index (χ4v) is 1.21. The molecule has 0 heterocycles. The molecule has 0 aliphatic heterocycles. The van der Waals surface area contributed by atoms with Crippen LogP contribution in [0.4, 0.5) is 5.69 Å². The van der Waals surface area contributed by atoms with Crippen molar-refractivity contribution in [3.8, 4) is 0 Å². The van der Waals surface area contributed by atoms with Gasteiger partial charge >= 0.3 is 0 Å². The van der Waals surface area contributed by atoms with E-state index < -0.39 is 16.5 Å². The van der Waals surface area contributed by atoms with Gasteiger partial charge in [-0.1, -0.05) is 18.2 Å². The summed E-state index contributed by atoms with van der Waals surface area (Å²) < 4.78 is 21.2. The number of anilines is 1. The highest BCUT2D eigenvalue weighted by Gasteiger charge is 2.09. The molecule has 0 fully saturated rings. The van der Waals surface area contributed by atoms with Crippen LogP contribution in [0.15, 0.2) is 30.3 Å². The summed E-state index contributed by atoms with van der Waals surface area (Å²) in [5, 5.41) is 0.491. The topological polar surface area (TPSA) is 69.4 Å². The van der Waals surface area contributed by atoms with Gasteiger partial charge in [-0.15, -0.1) is 0 Å². The van der Waals surface area contributed by atoms with Gasteiger partial charge in [-0.05, 0) is 30.1 Å². The van der Waals surface area contributed by atoms with Gasteiger partial charge in [-0.3, -0.25) is 9.22 Å². The molecule has 0 amide bonds. The second-order valence-electron chi connectivity index (χ2n) is 2.60. The zero-order valence-corrected chi connectivity index (χ0v) is 8.03. The molecule has 0 aliphatic carbocycles. The van der Waals surface area contributed by atoms with E-state index in [2.05, 4.69) is 0 Å². The Kier molecular flexibility index (Phi) is 3.41. The van der Waals surface area contributed by atoms with Crippen LogP contribution in [0.25, 0.3) is 0 Å². The second-order valence-corrected chi connectivity index (χ2v) is 3.81. The summed E-state index contributed by atoms with van der Waals surface area (Å²) in [6.07, 6.45) is 0. The summed E-state index contributed by atoms with van der Waals surface area (Å²) in [4.78, 5) is 0. The SMILES string of the molecule is CC(N(N)c1ccccc1)S(=O)[O-]. The van der Waals surface area contributed by atoms with E-state index in [9.17, 15) is 8.76 Å². The van der Waals surface area contributed by atoms with Gasteiger partial charge in [0.2, 0.25) is 0 Å². The van der Waals surface area contributed by atoms with Crippen LogP contribution in [-0.4, -0.2) is 14.1 Å². The van der Waals surface area contributed by atoms with Crippen molar-refractivity contribution in [1.29, 1.82) is 0 Å². The lowest BCUT2D eigenvalue weighted by atomic mass is 10.3. The molecular weight excluding hydrogens is 188 g/mol. The van der Waals surface area contributed by atoms with Crippen LogP contribution in [-0.2, 0) is 11.1 Å². The van der Waals surface area contributed by atoms with E-state index in [0.717, 1.165) is 0 Å². The van der Waals surface area contributed by atoms with E-state index in [1.54, 1.807) is 24.3 Å². The van der Waals surface area contributed by atoms with Crippen molar-refractivity contribution in [2.75, 3.05) is 5.01 Å². The lowest BCUT2D eigenvalue weighted by molar-refractivity contribution is 0.521. The molecule has 2 N–H and O–H groups in total. The van der Waals surface area contributed by atoms with Crippen molar-refractivity contribution in [3.63, 3.8) is 0 Å². The summed E-state index contributed by atoms with van der Waals surface area (Å²) in [7, 11) is 0. The van der Waals surface area contributed by atoms with E-state index in [1.165, 1.54) is 11.9 Å². The summed E-state index contributed by atoms with van der Waals surface area (Å²) in [6, 6.07) is 8.95. The zero-order chi connectivity index (χ0) is 9.84. The molecule has 0 aliphatic rings. The smallest absolute Gasteiger partial charge is 0.104 e. The molecule has 0 saturated heterocycles. The number of hydrogen-bond acceptors (Lipinski definition) is 4. The van der Waals surface area contributed by atoms with Gasteiger partial charge in [0, 0.05) is 0 Å². The van der Waals surface area contributed by atoms with E-state index in [1.807, 2.05) is 6.07 Å². The molecule has 0 bridgehead atoms. The van der Waals surface area contributed by atoms with Crippen molar-refractivity contribution in [3.05, 3.63) is 30.3 Å². The molecule has 1 rings (SSSR count). The van der Waals surface area contributed by atoms with Gasteiger partial charge in [-0.2, -0.15) is 0 Å². The summed E-state index contributed by atoms with van der Waals surface area (Å²) in [6.45, 7) is 1.52. The third kappa shape index (κ3) is 2.51. The Morgan fingerprint density at radius 2 is 2.00 bits per heavy atom. The van der Waals surface area contributed by atoms with Crippen LogP contribution in [0.1, 0.15) is 6.92 Å². The number of hydrazine groups is 1. The van der Waals surface area contributed by atoms with E-state index in [-0.39, 0.29) is 0 Å². The predicted molar refractivity (Wildman–Crippen MR) is 51.5 cm³/mol. The Morgan fingerprint density at radius 1 is 1.46 bits per heavy atom. The van der Waals surface area contributed by atoms with Gasteiger partial charge in [-0.25, -0.2) is 5.84 Å². The molecule has 72 valence electrons. The Morgan fingerprint density at radius 3 is 2.46 bits per heavy atom. The highest BCUT2D eigenvalue weighted by atomic mass is 32.2. The number of nitrogens with two attached hydrogens (primary N) is 1. The monoisotopic (exact) mass is 199 g/mol. The van der Waals surface area contributed by atoms with E-state index in [0.29, 0.717) is 5.69 Å². The van der Waals surface area contributed by atoms with Crippen LogP contribution in [0, 0.1) is 0 Å². The number of nitrogens with zero attached hydrogens (tertiary/aromatic N) is 1. The highest BCUT2D eigenvalue weighted by Crippen LogP contribution is 2.12. The maximum atomic E-state index is 10.6. The average molecular weight is 199 g/mol. The van der Waals surface area contributed by atoms with Gasteiger partial charge in [0.15, 0.2) is 0 Å². The minimum absolute atomic E-state index is 0.680. The number of rotatable bonds is 3. The van der Waals surface area contributed by atoms with Crippen molar-refractivity contribution < 1.29 is 8.76 Å². The first kappa shape index (κ1) is 10.2. The van der Waals surface area contributed by atoms with Crippen LogP contribution >= 0.6 is 0 Å². The Balaban J connectivity index is 2.79. The summed E-state index contributed by atoms with van der Waals surface area (Å²) in [5.41, 5.74) is 0.680. The third-order valence-electron chi connectivity index (χ3n) is 1.72. The maximum absolute atomic E-state index is 10.6. The normalized spacial score (nSPS) is 15.0. The van der Waals surface area contributed by atoms with Crippen LogP contribution in [0.5, 0.6) is 0 Å². The molecular formula is C8H11N2O2S-. The van der Waals surface area contributed by atoms with Gasteiger partial charge in [0.25, 0.3) is 0 Å². The van der Waals surface area contributed by atoms with Crippen LogP contribution < -0.4 is 10.9 Å². The number of hydrogen-bond donors (Lipinski definition) is 1. The van der Waals surface area contributed by atoms with Crippen LogP contribution in [0.3, 0.4) is 0 Å². The largest absolute Gasteiger partial charge is 0.771 e. The first-order valence-electron chi connectivity index (χ1n) is 3.80. The lowest BCUT2D eigenvalue weighted by Crippen LogP contribution is -2.41. The molecule has 1 aromatic carbocycles. The number of benzene rings is 1. The first-order chi connectivity index (χ1) is 6.13. The molecule has 0 spiro atoms. The Bertz CT molecular complexity index is 291. The van der Waals surface area contributed by atoms with Gasteiger partial charge < -0.3 is 4.55 Å². The lowest BCUT2D eigenvalue weighted by Gasteiger charge is -2.27. The van der Waals surface area contributed by atoms with Crippen LogP contribution in [0.2, 0.25) is 0 Å². The maximum Gasteiger partial charge on any atom is 0.104 e. The highest BCUT2D eigenvalue weighted by molar-refractivity contribution is 7.79. The van der Waals surface area contributed by atoms with Gasteiger partial charge in [0.1, 0.15) is 5.37 Å². The van der Waals surface area contributed by atoms with Crippen molar-refractivity contribution in [2.45, 2.75) is 12.3 Å². The third-order valence-corrected chi connectivity index (χ3v) is 2.51. The predicted octanol–water partition coefficient (Wildman–Crippen LogP) is 0.592. The second kappa shape index (κ2) is 4.36.